The van der Waals surface area contributed by atoms with Crippen molar-refractivity contribution in [3.05, 3.63) is 101 Å². The number of rotatable bonds is 7. The fourth-order valence-electron chi connectivity index (χ4n) is 2.70. The van der Waals surface area contributed by atoms with Crippen LogP contribution in [0.1, 0.15) is 16.7 Å². The summed E-state index contributed by atoms with van der Waals surface area (Å²) in [7, 11) is 0. The molecule has 145 valence electrons. The molecule has 0 aliphatic carbocycles. The minimum absolute atomic E-state index is 0. The minimum atomic E-state index is -0.224. The summed E-state index contributed by atoms with van der Waals surface area (Å²) in [6, 6.07) is 23.0. The molecule has 0 saturated heterocycles. The number of benzene rings is 3. The van der Waals surface area contributed by atoms with Crippen molar-refractivity contribution < 1.29 is 48.9 Å². The molecule has 5 N–H and O–H groups in total. The Labute approximate surface area is 207 Å². The molecule has 0 spiro atoms. The number of hydrogen-bond acceptors (Lipinski definition) is 3. The second kappa shape index (κ2) is 11.8. The molecule has 0 aromatic heterocycles. The number of amides is 1. The normalized spacial score (nSPS) is 10.4. The third-order valence-electron chi connectivity index (χ3n) is 4.25. The van der Waals surface area contributed by atoms with Gasteiger partial charge in [-0.1, -0.05) is 54.1 Å². The van der Waals surface area contributed by atoms with Gasteiger partial charge in [0.1, 0.15) is 0 Å². The zero-order valence-electron chi connectivity index (χ0n) is 16.1. The molecule has 3 aromatic rings. The molecule has 5 nitrogen and oxygen atoms in total. The summed E-state index contributed by atoms with van der Waals surface area (Å²) >= 11 is 0. The van der Waals surface area contributed by atoms with Gasteiger partial charge in [-0.15, -0.1) is 6.54 Å². The summed E-state index contributed by atoms with van der Waals surface area (Å²) in [5.74, 6) is -0.224. The van der Waals surface area contributed by atoms with E-state index in [1.54, 1.807) is 18.2 Å². The van der Waals surface area contributed by atoms with E-state index in [1.165, 1.54) is 6.08 Å². The first kappa shape index (κ1) is 23.2. The van der Waals surface area contributed by atoms with Crippen molar-refractivity contribution in [3.8, 4) is 0 Å². The molecule has 0 heterocycles. The second-order valence-corrected chi connectivity index (χ2v) is 6.38. The van der Waals surface area contributed by atoms with E-state index in [9.17, 15) is 4.79 Å². The summed E-state index contributed by atoms with van der Waals surface area (Å²) in [4.78, 5) is 12.0. The third-order valence-corrected chi connectivity index (χ3v) is 4.25. The summed E-state index contributed by atoms with van der Waals surface area (Å²) in [6.07, 6.45) is 3.26. The Bertz CT molecular complexity index is 971. The van der Waals surface area contributed by atoms with Gasteiger partial charge in [-0.25, -0.2) is 0 Å². The van der Waals surface area contributed by atoms with Crippen LogP contribution >= 0.6 is 0 Å². The Morgan fingerprint density at radius 2 is 1.72 bits per heavy atom. The minimum Gasteiger partial charge on any atom is -0.674 e. The average Bonchev–Trinajstić information content (AvgIpc) is 2.73. The van der Waals surface area contributed by atoms with Crippen molar-refractivity contribution in [1.82, 2.24) is 0 Å². The Kier molecular flexibility index (Phi) is 9.40. The summed E-state index contributed by atoms with van der Waals surface area (Å²) < 4.78 is 0. The number of hydrogen-bond donors (Lipinski definition) is 3. The van der Waals surface area contributed by atoms with Crippen molar-refractivity contribution in [2.75, 3.05) is 16.4 Å². The van der Waals surface area contributed by atoms with Gasteiger partial charge in [0.25, 0.3) is 0 Å². The molecular formula is C23H23AcN4O-. The van der Waals surface area contributed by atoms with Gasteiger partial charge in [0, 0.05) is 62.4 Å². The van der Waals surface area contributed by atoms with Crippen LogP contribution in [0.25, 0.3) is 11.8 Å². The van der Waals surface area contributed by atoms with E-state index in [1.807, 2.05) is 60.7 Å². The molecular weight excluding hydrogens is 575 g/mol. The first-order valence-corrected chi connectivity index (χ1v) is 9.04. The Balaban J connectivity index is 0.00000300. The van der Waals surface area contributed by atoms with E-state index < -0.39 is 0 Å². The van der Waals surface area contributed by atoms with Crippen LogP contribution in [-0.2, 0) is 17.9 Å². The molecule has 0 atom stereocenters. The molecule has 29 heavy (non-hydrogen) atoms. The molecule has 0 saturated carbocycles. The van der Waals surface area contributed by atoms with E-state index in [0.717, 1.165) is 22.4 Å². The van der Waals surface area contributed by atoms with E-state index in [4.69, 9.17) is 11.5 Å². The molecule has 1 amide bonds. The number of carbonyl (C=O) groups excluding carboxylic acids is 1. The molecule has 0 unspecified atom stereocenters. The summed E-state index contributed by atoms with van der Waals surface area (Å²) in [5, 5.41) is 6.13. The molecule has 0 fully saturated rings. The number of para-hydroxylation sites is 2. The monoisotopic (exact) mass is 598 g/mol. The zero-order chi connectivity index (χ0) is 19.8. The quantitative estimate of drug-likeness (QED) is 0.262. The number of nitrogens with two attached hydrogens (primary N) is 1. The standard InChI is InChI=1S/C23H23N4O.Ac/c24-15-19-4-3-5-20(14-19)26-16-18-10-8-17(9-11-18)12-13-23(28)27-22-7-2-1-6-21(22)25;/h1-14,24,26H,15-16,25H2,(H,27,28);/q-1;/b13-12+;. The average molecular weight is 598 g/mol. The predicted octanol–water partition coefficient (Wildman–Crippen LogP) is 5.09. The van der Waals surface area contributed by atoms with Crippen molar-refractivity contribution in [3.63, 3.8) is 0 Å². The van der Waals surface area contributed by atoms with Gasteiger partial charge < -0.3 is 22.1 Å². The van der Waals surface area contributed by atoms with Gasteiger partial charge in [0.05, 0.1) is 11.4 Å². The summed E-state index contributed by atoms with van der Waals surface area (Å²) in [5.41, 5.74) is 18.5. The maximum Gasteiger partial charge on any atom is 0.248 e. The van der Waals surface area contributed by atoms with Crippen molar-refractivity contribution in [2.24, 2.45) is 0 Å². The number of anilines is 3. The Morgan fingerprint density at radius 3 is 2.45 bits per heavy atom. The van der Waals surface area contributed by atoms with Crippen LogP contribution in [0.15, 0.2) is 78.9 Å². The van der Waals surface area contributed by atoms with Crippen LogP contribution in [0.2, 0.25) is 0 Å². The van der Waals surface area contributed by atoms with E-state index in [0.29, 0.717) is 17.9 Å². The number of nitrogens with one attached hydrogen (secondary N) is 3. The van der Waals surface area contributed by atoms with Crippen LogP contribution < -0.4 is 16.4 Å². The Morgan fingerprint density at radius 1 is 0.966 bits per heavy atom. The first-order valence-electron chi connectivity index (χ1n) is 9.04. The third kappa shape index (κ3) is 7.32. The molecule has 6 heteroatoms. The molecule has 1 radical (unpaired) electrons. The maximum absolute atomic E-state index is 12.0. The predicted molar refractivity (Wildman–Crippen MR) is 117 cm³/mol. The van der Waals surface area contributed by atoms with Crippen molar-refractivity contribution in [2.45, 2.75) is 13.1 Å². The van der Waals surface area contributed by atoms with Gasteiger partial charge in [-0.2, -0.15) is 0 Å². The number of nitrogen functional groups attached to an aromatic ring is 1. The Hall–Kier alpha value is -2.13. The fraction of sp³-hybridized carbons (Fsp3) is 0.0870. The molecule has 3 aromatic carbocycles. The van der Waals surface area contributed by atoms with Gasteiger partial charge in [-0.3, -0.25) is 4.79 Å². The van der Waals surface area contributed by atoms with Crippen molar-refractivity contribution in [1.29, 1.82) is 0 Å². The van der Waals surface area contributed by atoms with E-state index >= 15 is 0 Å². The van der Waals surface area contributed by atoms with Crippen LogP contribution in [0.3, 0.4) is 0 Å². The van der Waals surface area contributed by atoms with Crippen LogP contribution in [0, 0.1) is 44.1 Å². The SMILES string of the molecule is [Ac].[NH-]Cc1cccc(NCc2ccc(/C=C/C(=O)Nc3ccccc3N)cc2)c1. The van der Waals surface area contributed by atoms with E-state index in [-0.39, 0.29) is 56.5 Å². The fourth-order valence-corrected chi connectivity index (χ4v) is 2.70. The smallest absolute Gasteiger partial charge is 0.248 e. The van der Waals surface area contributed by atoms with Gasteiger partial charge in [0.2, 0.25) is 5.91 Å². The van der Waals surface area contributed by atoms with Crippen LogP contribution in [0.5, 0.6) is 0 Å². The molecule has 0 aliphatic heterocycles. The largest absolute Gasteiger partial charge is 0.674 e. The zero-order valence-corrected chi connectivity index (χ0v) is 20.8. The van der Waals surface area contributed by atoms with Gasteiger partial charge in [0.15, 0.2) is 0 Å². The van der Waals surface area contributed by atoms with Crippen LogP contribution in [0.4, 0.5) is 17.1 Å². The maximum atomic E-state index is 12.0. The molecule has 0 bridgehead atoms. The van der Waals surface area contributed by atoms with Gasteiger partial charge in [-0.05, 0) is 41.5 Å². The number of carbonyl (C=O) groups is 1. The van der Waals surface area contributed by atoms with Gasteiger partial charge >= 0.3 is 0 Å². The second-order valence-electron chi connectivity index (χ2n) is 6.38. The molecule has 0 aliphatic rings. The topological polar surface area (TPSA) is 90.9 Å². The van der Waals surface area contributed by atoms with Crippen LogP contribution in [-0.4, -0.2) is 5.91 Å². The van der Waals surface area contributed by atoms with E-state index in [2.05, 4.69) is 10.6 Å². The first-order chi connectivity index (χ1) is 13.6. The summed E-state index contributed by atoms with van der Waals surface area (Å²) in [6.45, 7) is 0.972. The van der Waals surface area contributed by atoms with Crippen molar-refractivity contribution >= 4 is 29.0 Å². The molecule has 3 rings (SSSR count).